The highest BCUT2D eigenvalue weighted by Crippen LogP contribution is 2.22. The van der Waals surface area contributed by atoms with Crippen molar-refractivity contribution >= 4 is 17.0 Å². The predicted octanol–water partition coefficient (Wildman–Crippen LogP) is 2.58. The van der Waals surface area contributed by atoms with Crippen molar-refractivity contribution in [2.45, 2.75) is 0 Å². The highest BCUT2D eigenvalue weighted by Gasteiger charge is 2.05. The Morgan fingerprint density at radius 2 is 1.94 bits per heavy atom. The largest absolute Gasteiger partial charge is 0.399 e. The normalized spacial score (nSPS) is 10.6. The SMILES string of the molecule is Nc1ccc(-n2cc(-c3cccs3)nn2)cc1. The summed E-state index contributed by atoms with van der Waals surface area (Å²) in [6.07, 6.45) is 1.91. The molecule has 3 rings (SSSR count). The number of nitrogens with zero attached hydrogens (tertiary/aromatic N) is 3. The second-order valence-corrected chi connectivity index (χ2v) is 4.56. The zero-order valence-corrected chi connectivity index (χ0v) is 9.76. The van der Waals surface area contributed by atoms with Gasteiger partial charge in [-0.05, 0) is 35.7 Å². The lowest BCUT2D eigenvalue weighted by Crippen LogP contribution is -1.95. The van der Waals surface area contributed by atoms with Crippen LogP contribution >= 0.6 is 11.3 Å². The van der Waals surface area contributed by atoms with Crippen LogP contribution in [0.3, 0.4) is 0 Å². The number of hydrogen-bond acceptors (Lipinski definition) is 4. The summed E-state index contributed by atoms with van der Waals surface area (Å²) >= 11 is 1.65. The van der Waals surface area contributed by atoms with Gasteiger partial charge in [-0.15, -0.1) is 16.4 Å². The van der Waals surface area contributed by atoms with Gasteiger partial charge in [0.05, 0.1) is 16.8 Å². The summed E-state index contributed by atoms with van der Waals surface area (Å²) in [5.41, 5.74) is 8.23. The Morgan fingerprint density at radius 1 is 1.12 bits per heavy atom. The topological polar surface area (TPSA) is 56.7 Å². The van der Waals surface area contributed by atoms with Gasteiger partial charge in [-0.2, -0.15) is 0 Å². The molecule has 3 aromatic rings. The van der Waals surface area contributed by atoms with Crippen LogP contribution in [0.1, 0.15) is 0 Å². The molecule has 0 aliphatic rings. The van der Waals surface area contributed by atoms with Gasteiger partial charge in [0.15, 0.2) is 0 Å². The second-order valence-electron chi connectivity index (χ2n) is 3.62. The van der Waals surface area contributed by atoms with E-state index in [1.165, 1.54) is 0 Å². The predicted molar refractivity (Wildman–Crippen MR) is 69.1 cm³/mol. The van der Waals surface area contributed by atoms with Crippen LogP contribution in [0.4, 0.5) is 5.69 Å². The standard InChI is InChI=1S/C12H10N4S/c13-9-3-5-10(6-4-9)16-8-11(14-15-16)12-2-1-7-17-12/h1-8H,13H2. The van der Waals surface area contributed by atoms with Crippen molar-refractivity contribution in [2.75, 3.05) is 5.73 Å². The van der Waals surface area contributed by atoms with Crippen LogP contribution in [0.5, 0.6) is 0 Å². The molecule has 0 unspecified atom stereocenters. The lowest BCUT2D eigenvalue weighted by molar-refractivity contribution is 0.804. The van der Waals surface area contributed by atoms with Gasteiger partial charge in [0, 0.05) is 5.69 Å². The van der Waals surface area contributed by atoms with Crippen molar-refractivity contribution < 1.29 is 0 Å². The average molecular weight is 242 g/mol. The Morgan fingerprint density at radius 3 is 2.65 bits per heavy atom. The minimum Gasteiger partial charge on any atom is -0.399 e. The Balaban J connectivity index is 1.98. The maximum absolute atomic E-state index is 5.64. The monoisotopic (exact) mass is 242 g/mol. The Bertz CT molecular complexity index is 610. The smallest absolute Gasteiger partial charge is 0.123 e. The molecule has 4 nitrogen and oxygen atoms in total. The fourth-order valence-corrected chi connectivity index (χ4v) is 2.23. The van der Waals surface area contributed by atoms with Gasteiger partial charge in [-0.25, -0.2) is 4.68 Å². The van der Waals surface area contributed by atoms with E-state index >= 15 is 0 Å². The van der Waals surface area contributed by atoms with E-state index in [-0.39, 0.29) is 0 Å². The summed E-state index contributed by atoms with van der Waals surface area (Å²) in [4.78, 5) is 1.12. The number of nitrogen functional groups attached to an aromatic ring is 1. The molecule has 0 saturated carbocycles. The van der Waals surface area contributed by atoms with Gasteiger partial charge < -0.3 is 5.73 Å². The molecule has 1 aromatic carbocycles. The first-order chi connectivity index (χ1) is 8.33. The van der Waals surface area contributed by atoms with E-state index in [1.54, 1.807) is 16.0 Å². The molecule has 84 valence electrons. The number of nitrogens with two attached hydrogens (primary N) is 1. The summed E-state index contributed by atoms with van der Waals surface area (Å²) in [5.74, 6) is 0. The lowest BCUT2D eigenvalue weighted by Gasteiger charge is -1.99. The van der Waals surface area contributed by atoms with Crippen LogP contribution in [0.2, 0.25) is 0 Å². The van der Waals surface area contributed by atoms with Crippen molar-refractivity contribution in [1.82, 2.24) is 15.0 Å². The minimum absolute atomic E-state index is 0.743. The maximum atomic E-state index is 5.64. The first-order valence-corrected chi connectivity index (χ1v) is 6.03. The molecule has 0 aliphatic heterocycles. The van der Waals surface area contributed by atoms with E-state index in [4.69, 9.17) is 5.73 Å². The fraction of sp³-hybridized carbons (Fsp3) is 0. The van der Waals surface area contributed by atoms with Gasteiger partial charge in [0.25, 0.3) is 0 Å². The van der Waals surface area contributed by atoms with Crippen LogP contribution < -0.4 is 5.73 Å². The molecule has 2 aromatic heterocycles. The van der Waals surface area contributed by atoms with E-state index in [9.17, 15) is 0 Å². The van der Waals surface area contributed by atoms with E-state index in [0.29, 0.717) is 0 Å². The fourth-order valence-electron chi connectivity index (χ4n) is 1.55. The maximum Gasteiger partial charge on any atom is 0.123 e. The highest BCUT2D eigenvalue weighted by atomic mass is 32.1. The molecule has 5 heteroatoms. The van der Waals surface area contributed by atoms with E-state index < -0.39 is 0 Å². The van der Waals surface area contributed by atoms with Crippen molar-refractivity contribution in [1.29, 1.82) is 0 Å². The van der Waals surface area contributed by atoms with Gasteiger partial charge in [0.1, 0.15) is 5.69 Å². The van der Waals surface area contributed by atoms with E-state index in [2.05, 4.69) is 10.3 Å². The van der Waals surface area contributed by atoms with Crippen molar-refractivity contribution in [3.8, 4) is 16.3 Å². The third-order valence-electron chi connectivity index (χ3n) is 2.42. The van der Waals surface area contributed by atoms with Crippen LogP contribution in [0, 0.1) is 0 Å². The summed E-state index contributed by atoms with van der Waals surface area (Å²) in [6.45, 7) is 0. The molecule has 0 atom stereocenters. The van der Waals surface area contributed by atoms with Crippen LogP contribution in [-0.2, 0) is 0 Å². The molecule has 0 fully saturated rings. The Hall–Kier alpha value is -2.14. The average Bonchev–Trinajstić information content (AvgIpc) is 3.00. The van der Waals surface area contributed by atoms with E-state index in [0.717, 1.165) is 21.9 Å². The summed E-state index contributed by atoms with van der Waals surface area (Å²) < 4.78 is 1.74. The van der Waals surface area contributed by atoms with Gasteiger partial charge in [-0.3, -0.25) is 0 Å². The highest BCUT2D eigenvalue weighted by molar-refractivity contribution is 7.13. The number of anilines is 1. The molecule has 0 radical (unpaired) electrons. The van der Waals surface area contributed by atoms with Crippen molar-refractivity contribution in [2.24, 2.45) is 0 Å². The molecular weight excluding hydrogens is 232 g/mol. The third-order valence-corrected chi connectivity index (χ3v) is 3.32. The zero-order valence-electron chi connectivity index (χ0n) is 8.95. The van der Waals surface area contributed by atoms with Crippen LogP contribution in [-0.4, -0.2) is 15.0 Å². The molecular formula is C12H10N4S. The Kier molecular flexibility index (Phi) is 2.38. The second kappa shape index (κ2) is 4.03. The Labute approximate surface area is 102 Å². The summed E-state index contributed by atoms with van der Waals surface area (Å²) in [5, 5.41) is 10.3. The first kappa shape index (κ1) is 10.0. The number of hydrogen-bond donors (Lipinski definition) is 1. The van der Waals surface area contributed by atoms with Crippen LogP contribution in [0.25, 0.3) is 16.3 Å². The quantitative estimate of drug-likeness (QED) is 0.703. The first-order valence-electron chi connectivity index (χ1n) is 5.15. The van der Waals surface area contributed by atoms with Gasteiger partial charge in [0.2, 0.25) is 0 Å². The third kappa shape index (κ3) is 1.92. The molecule has 2 heterocycles. The summed E-state index contributed by atoms with van der Waals surface area (Å²) in [6, 6.07) is 11.6. The number of thiophene rings is 1. The number of rotatable bonds is 2. The molecule has 0 aliphatic carbocycles. The summed E-state index contributed by atoms with van der Waals surface area (Å²) in [7, 11) is 0. The van der Waals surface area contributed by atoms with Crippen molar-refractivity contribution in [3.05, 3.63) is 48.0 Å². The molecule has 17 heavy (non-hydrogen) atoms. The molecule has 0 spiro atoms. The van der Waals surface area contributed by atoms with Crippen molar-refractivity contribution in [3.63, 3.8) is 0 Å². The molecule has 2 N–H and O–H groups in total. The number of benzene rings is 1. The van der Waals surface area contributed by atoms with Gasteiger partial charge >= 0.3 is 0 Å². The molecule has 0 saturated heterocycles. The molecule has 0 bridgehead atoms. The van der Waals surface area contributed by atoms with Gasteiger partial charge in [-0.1, -0.05) is 11.3 Å². The number of aromatic nitrogens is 3. The lowest BCUT2D eigenvalue weighted by atomic mass is 10.3. The van der Waals surface area contributed by atoms with Crippen LogP contribution in [0.15, 0.2) is 48.0 Å². The molecule has 0 amide bonds. The zero-order chi connectivity index (χ0) is 11.7. The van der Waals surface area contributed by atoms with E-state index in [1.807, 2.05) is 48.0 Å². The minimum atomic E-state index is 0.743.